The monoisotopic (exact) mass is 318 g/mol. The second-order valence-electron chi connectivity index (χ2n) is 6.48. The van der Waals surface area contributed by atoms with Crippen LogP contribution in [-0.4, -0.2) is 57.6 Å². The molecule has 1 heterocycles. The molecule has 5 heteroatoms. The Morgan fingerprint density at radius 2 is 1.83 bits per heavy atom. The molecule has 1 saturated heterocycles. The van der Waals surface area contributed by atoms with Crippen LogP contribution in [0.3, 0.4) is 0 Å². The van der Waals surface area contributed by atoms with Crippen molar-refractivity contribution >= 4 is 17.3 Å². The van der Waals surface area contributed by atoms with E-state index in [2.05, 4.69) is 46.7 Å². The van der Waals surface area contributed by atoms with Gasteiger partial charge in [0.1, 0.15) is 0 Å². The topological polar surface area (TPSA) is 47.6 Å². The molecule has 0 aromatic heterocycles. The number of nitrogens with one attached hydrogen (secondary N) is 2. The smallest absolute Gasteiger partial charge is 0.238 e. The van der Waals surface area contributed by atoms with Crippen molar-refractivity contribution in [1.82, 2.24) is 10.2 Å². The maximum atomic E-state index is 11.9. The highest BCUT2D eigenvalue weighted by Crippen LogP contribution is 2.21. The maximum Gasteiger partial charge on any atom is 0.238 e. The molecular weight excluding hydrogens is 288 g/mol. The number of carbonyl (C=O) groups is 1. The van der Waals surface area contributed by atoms with Crippen LogP contribution in [0.15, 0.2) is 24.3 Å². The molecule has 1 fully saturated rings. The minimum absolute atomic E-state index is 0.0144. The summed E-state index contributed by atoms with van der Waals surface area (Å²) in [7, 11) is 4.11. The predicted octanol–water partition coefficient (Wildman–Crippen LogP) is 2.16. The molecule has 1 aromatic rings. The third kappa shape index (κ3) is 6.59. The van der Waals surface area contributed by atoms with E-state index in [1.807, 2.05) is 12.1 Å². The number of nitrogens with zero attached hydrogens (tertiary/aromatic N) is 2. The van der Waals surface area contributed by atoms with Crippen LogP contribution < -0.4 is 15.5 Å². The summed E-state index contributed by atoms with van der Waals surface area (Å²) in [5.74, 6) is 0.0144. The lowest BCUT2D eigenvalue weighted by atomic mass is 10.1. The van der Waals surface area contributed by atoms with Gasteiger partial charge in [0, 0.05) is 24.5 Å². The number of rotatable bonds is 8. The first-order valence-corrected chi connectivity index (χ1v) is 8.65. The summed E-state index contributed by atoms with van der Waals surface area (Å²) in [6.07, 6.45) is 4.94. The number of carbonyl (C=O) groups excluding carboxylic acids is 1. The molecule has 0 bridgehead atoms. The summed E-state index contributed by atoms with van der Waals surface area (Å²) in [6, 6.07) is 8.19. The summed E-state index contributed by atoms with van der Waals surface area (Å²) in [6.45, 7) is 4.54. The van der Waals surface area contributed by atoms with Gasteiger partial charge in [0.25, 0.3) is 0 Å². The summed E-state index contributed by atoms with van der Waals surface area (Å²) >= 11 is 0. The van der Waals surface area contributed by atoms with E-state index in [0.717, 1.165) is 38.3 Å². The van der Waals surface area contributed by atoms with Crippen LogP contribution in [0.1, 0.15) is 25.7 Å². The largest absolute Gasteiger partial charge is 0.372 e. The van der Waals surface area contributed by atoms with E-state index in [1.165, 1.54) is 24.9 Å². The Kier molecular flexibility index (Phi) is 7.36. The highest BCUT2D eigenvalue weighted by molar-refractivity contribution is 5.92. The van der Waals surface area contributed by atoms with Crippen molar-refractivity contribution in [1.29, 1.82) is 0 Å². The van der Waals surface area contributed by atoms with Gasteiger partial charge < -0.3 is 20.4 Å². The average molecular weight is 318 g/mol. The Labute approximate surface area is 140 Å². The summed E-state index contributed by atoms with van der Waals surface area (Å²) in [5.41, 5.74) is 2.12. The quantitative estimate of drug-likeness (QED) is 0.721. The Hall–Kier alpha value is -1.59. The van der Waals surface area contributed by atoms with Crippen molar-refractivity contribution in [2.24, 2.45) is 0 Å². The van der Waals surface area contributed by atoms with Crippen LogP contribution in [-0.2, 0) is 4.79 Å². The van der Waals surface area contributed by atoms with Gasteiger partial charge in [-0.15, -0.1) is 0 Å². The number of anilines is 2. The molecular formula is C18H30N4O. The standard InChI is InChI=1S/C18H30N4O/c1-21(2)12-6-11-19-15-18(23)20-16-7-9-17(10-8-16)22-13-4-3-5-14-22/h7-10,19H,3-6,11-15H2,1-2H3,(H,20,23). The van der Waals surface area contributed by atoms with E-state index in [-0.39, 0.29) is 5.91 Å². The highest BCUT2D eigenvalue weighted by Gasteiger charge is 2.10. The molecule has 0 unspecified atom stereocenters. The molecule has 0 spiro atoms. The van der Waals surface area contributed by atoms with Crippen LogP contribution in [0.4, 0.5) is 11.4 Å². The third-order valence-electron chi connectivity index (χ3n) is 4.12. The number of benzene rings is 1. The van der Waals surface area contributed by atoms with Crippen LogP contribution in [0, 0.1) is 0 Å². The van der Waals surface area contributed by atoms with Crippen LogP contribution >= 0.6 is 0 Å². The molecule has 5 nitrogen and oxygen atoms in total. The summed E-state index contributed by atoms with van der Waals surface area (Å²) in [4.78, 5) is 16.5. The minimum atomic E-state index is 0.0144. The summed E-state index contributed by atoms with van der Waals surface area (Å²) < 4.78 is 0. The van der Waals surface area contributed by atoms with Crippen LogP contribution in [0.2, 0.25) is 0 Å². The van der Waals surface area contributed by atoms with Gasteiger partial charge in [-0.2, -0.15) is 0 Å². The second-order valence-corrected chi connectivity index (χ2v) is 6.48. The maximum absolute atomic E-state index is 11.9. The van der Waals surface area contributed by atoms with E-state index < -0.39 is 0 Å². The molecule has 1 amide bonds. The van der Waals surface area contributed by atoms with Crippen molar-refractivity contribution in [2.75, 3.05) is 57.0 Å². The van der Waals surface area contributed by atoms with Crippen molar-refractivity contribution in [3.8, 4) is 0 Å². The normalized spacial score (nSPS) is 15.0. The zero-order valence-corrected chi connectivity index (χ0v) is 14.5. The fourth-order valence-corrected chi connectivity index (χ4v) is 2.84. The molecule has 2 rings (SSSR count). The SMILES string of the molecule is CN(C)CCCNCC(=O)Nc1ccc(N2CCCCC2)cc1. The lowest BCUT2D eigenvalue weighted by molar-refractivity contribution is -0.115. The average Bonchev–Trinajstić information content (AvgIpc) is 2.56. The minimum Gasteiger partial charge on any atom is -0.372 e. The van der Waals surface area contributed by atoms with Crippen molar-refractivity contribution in [3.63, 3.8) is 0 Å². The Bertz CT molecular complexity index is 466. The molecule has 0 atom stereocenters. The van der Waals surface area contributed by atoms with Gasteiger partial charge in [-0.25, -0.2) is 0 Å². The Morgan fingerprint density at radius 1 is 1.13 bits per heavy atom. The van der Waals surface area contributed by atoms with Gasteiger partial charge in [-0.3, -0.25) is 4.79 Å². The van der Waals surface area contributed by atoms with E-state index in [1.54, 1.807) is 0 Å². The van der Waals surface area contributed by atoms with Gasteiger partial charge in [-0.1, -0.05) is 0 Å². The van der Waals surface area contributed by atoms with Gasteiger partial charge in [0.15, 0.2) is 0 Å². The predicted molar refractivity (Wildman–Crippen MR) is 97.2 cm³/mol. The molecule has 0 radical (unpaired) electrons. The van der Waals surface area contributed by atoms with E-state index in [0.29, 0.717) is 6.54 Å². The molecule has 23 heavy (non-hydrogen) atoms. The van der Waals surface area contributed by atoms with Gasteiger partial charge >= 0.3 is 0 Å². The molecule has 128 valence electrons. The fourth-order valence-electron chi connectivity index (χ4n) is 2.84. The van der Waals surface area contributed by atoms with Gasteiger partial charge in [-0.05, 0) is 77.1 Å². The number of hydrogen-bond acceptors (Lipinski definition) is 4. The molecule has 1 aromatic carbocycles. The van der Waals surface area contributed by atoms with Gasteiger partial charge in [0.2, 0.25) is 5.91 Å². The lowest BCUT2D eigenvalue weighted by Gasteiger charge is -2.28. The molecule has 0 aliphatic carbocycles. The fraction of sp³-hybridized carbons (Fsp3) is 0.611. The van der Waals surface area contributed by atoms with Crippen molar-refractivity contribution < 1.29 is 4.79 Å². The van der Waals surface area contributed by atoms with Crippen LogP contribution in [0.25, 0.3) is 0 Å². The van der Waals surface area contributed by atoms with E-state index in [4.69, 9.17) is 0 Å². The summed E-state index contributed by atoms with van der Waals surface area (Å²) in [5, 5.41) is 6.12. The zero-order chi connectivity index (χ0) is 16.5. The Balaban J connectivity index is 1.69. The van der Waals surface area contributed by atoms with E-state index in [9.17, 15) is 4.79 Å². The molecule has 1 aliphatic rings. The third-order valence-corrected chi connectivity index (χ3v) is 4.12. The van der Waals surface area contributed by atoms with E-state index >= 15 is 0 Å². The van der Waals surface area contributed by atoms with Crippen LogP contribution in [0.5, 0.6) is 0 Å². The molecule has 2 N–H and O–H groups in total. The van der Waals surface area contributed by atoms with Gasteiger partial charge in [0.05, 0.1) is 6.54 Å². The number of piperidine rings is 1. The zero-order valence-electron chi connectivity index (χ0n) is 14.5. The first-order valence-electron chi connectivity index (χ1n) is 8.65. The second kappa shape index (κ2) is 9.53. The molecule has 1 aliphatic heterocycles. The first-order chi connectivity index (χ1) is 11.1. The first kappa shape index (κ1) is 17.8. The highest BCUT2D eigenvalue weighted by atomic mass is 16.1. The Morgan fingerprint density at radius 3 is 2.48 bits per heavy atom. The lowest BCUT2D eigenvalue weighted by Crippen LogP contribution is -2.30. The number of hydrogen-bond donors (Lipinski definition) is 2. The molecule has 0 saturated carbocycles. The van der Waals surface area contributed by atoms with Crippen molar-refractivity contribution in [3.05, 3.63) is 24.3 Å². The number of amides is 1. The van der Waals surface area contributed by atoms with Crippen molar-refractivity contribution in [2.45, 2.75) is 25.7 Å².